The third kappa shape index (κ3) is 7.62. The van der Waals surface area contributed by atoms with Crippen molar-refractivity contribution in [2.45, 2.75) is 167 Å². The summed E-state index contributed by atoms with van der Waals surface area (Å²) in [5.74, 6) is 6.26. The van der Waals surface area contributed by atoms with Gasteiger partial charge in [0.25, 0.3) is 0 Å². The third-order valence-electron chi connectivity index (χ3n) is 17.4. The number of ether oxygens (including phenoxy) is 1. The monoisotopic (exact) mass is 868 g/mol. The Kier molecular flexibility index (Phi) is 9.91. The molecule has 13 rings (SSSR count). The van der Waals surface area contributed by atoms with E-state index in [2.05, 4.69) is 147 Å². The van der Waals surface area contributed by atoms with Gasteiger partial charge >= 0.3 is 0 Å². The van der Waals surface area contributed by atoms with Crippen molar-refractivity contribution in [3.05, 3.63) is 107 Å². The quantitative estimate of drug-likeness (QED) is 0.171. The number of nitrogens with zero attached hydrogens (tertiary/aromatic N) is 1. The average Bonchev–Trinajstić information content (AvgIpc) is 3.21. The maximum atomic E-state index is 12.8. The fraction of sp³-hybridized carbons (Fsp3) is 0.525. The lowest BCUT2D eigenvalue weighted by molar-refractivity contribution is -0.00631. The number of rotatable bonds is 7. The van der Waals surface area contributed by atoms with Gasteiger partial charge in [-0.05, 0) is 189 Å². The SMILES string of the molecule is CC(C)(C)Oc1cc(-c2ccccc2-c2cc(C(C)(C)C)cc(C34CC5CC(CC(C5)C3)C4)c2O)nc(-c2ccccc2-c2cc(C(C)(C)C)cc(C34CC5CC(CC(C5)C3)C4)c2O)c1. The molecule has 340 valence electrons. The van der Waals surface area contributed by atoms with E-state index >= 15 is 0 Å². The summed E-state index contributed by atoms with van der Waals surface area (Å²) in [4.78, 5) is 5.59. The highest BCUT2D eigenvalue weighted by Gasteiger charge is 2.54. The summed E-state index contributed by atoms with van der Waals surface area (Å²) in [6.45, 7) is 20.1. The van der Waals surface area contributed by atoms with Crippen LogP contribution in [0.4, 0.5) is 0 Å². The van der Waals surface area contributed by atoms with Crippen LogP contribution in [-0.4, -0.2) is 20.8 Å². The number of hydrogen-bond donors (Lipinski definition) is 2. The molecule has 0 atom stereocenters. The summed E-state index contributed by atoms with van der Waals surface area (Å²) >= 11 is 0. The minimum Gasteiger partial charge on any atom is -0.507 e. The Labute approximate surface area is 389 Å². The van der Waals surface area contributed by atoms with Crippen molar-refractivity contribution in [3.8, 4) is 62.0 Å². The Morgan fingerprint density at radius 3 is 1.08 bits per heavy atom. The van der Waals surface area contributed by atoms with Gasteiger partial charge in [-0.2, -0.15) is 0 Å². The minimum atomic E-state index is -0.451. The molecule has 8 bridgehead atoms. The Balaban J connectivity index is 1.08. The third-order valence-corrected chi connectivity index (χ3v) is 17.4. The molecule has 1 aromatic heterocycles. The number of benzene rings is 4. The van der Waals surface area contributed by atoms with Crippen LogP contribution in [-0.2, 0) is 21.7 Å². The standard InChI is InChI=1S/C61H73NO3/c1-57(2,3)42-24-49(55(63)51(26-42)60-30-36-18-37(31-60)20-38(19-36)32-60)45-14-10-12-16-47(45)53-28-44(65-59(7,8)9)29-54(62-53)48-17-13-11-15-46(48)50-25-43(58(4,5)6)27-52(56(50)64)61-33-39-21-40(34-61)23-41(22-39)35-61/h10-17,24-29,36-41,63-64H,18-23,30-35H2,1-9H3. The number of aromatic hydroxyl groups is 2. The predicted molar refractivity (Wildman–Crippen MR) is 267 cm³/mol. The first kappa shape index (κ1) is 43.0. The first-order valence-electron chi connectivity index (χ1n) is 25.4. The van der Waals surface area contributed by atoms with Crippen molar-refractivity contribution in [1.82, 2.24) is 4.98 Å². The van der Waals surface area contributed by atoms with Crippen LogP contribution in [0.3, 0.4) is 0 Å². The lowest BCUT2D eigenvalue weighted by Crippen LogP contribution is -2.48. The van der Waals surface area contributed by atoms with Crippen molar-refractivity contribution in [1.29, 1.82) is 0 Å². The number of aromatic nitrogens is 1. The molecule has 8 fully saturated rings. The molecule has 0 spiro atoms. The molecule has 4 heteroatoms. The Morgan fingerprint density at radius 1 is 0.446 bits per heavy atom. The maximum Gasteiger partial charge on any atom is 0.127 e. The van der Waals surface area contributed by atoms with Gasteiger partial charge in [-0.3, -0.25) is 0 Å². The fourth-order valence-electron chi connectivity index (χ4n) is 15.3. The molecule has 4 aromatic carbocycles. The first-order valence-corrected chi connectivity index (χ1v) is 25.4. The summed E-state index contributed by atoms with van der Waals surface area (Å²) in [5.41, 5.74) is 11.6. The summed E-state index contributed by atoms with van der Waals surface area (Å²) in [5, 5.41) is 25.6. The number of hydrogen-bond acceptors (Lipinski definition) is 4. The van der Waals surface area contributed by atoms with Gasteiger partial charge in [-0.15, -0.1) is 0 Å². The molecule has 8 aliphatic carbocycles. The smallest absolute Gasteiger partial charge is 0.127 e. The van der Waals surface area contributed by atoms with Gasteiger partial charge < -0.3 is 14.9 Å². The van der Waals surface area contributed by atoms with Crippen molar-refractivity contribution in [2.24, 2.45) is 35.5 Å². The lowest BCUT2D eigenvalue weighted by Gasteiger charge is -2.57. The van der Waals surface area contributed by atoms with E-state index in [1.165, 1.54) is 99.3 Å². The number of phenolic OH excluding ortho intramolecular Hbond substituents is 2. The van der Waals surface area contributed by atoms with E-state index < -0.39 is 5.60 Å². The summed E-state index contributed by atoms with van der Waals surface area (Å²) in [6, 6.07) is 30.5. The first-order chi connectivity index (χ1) is 30.7. The molecule has 5 aromatic rings. The zero-order valence-corrected chi connectivity index (χ0v) is 40.8. The predicted octanol–water partition coefficient (Wildman–Crippen LogP) is 15.9. The van der Waals surface area contributed by atoms with Gasteiger partial charge in [0.1, 0.15) is 22.8 Å². The molecule has 0 amide bonds. The normalized spacial score (nSPS) is 29.1. The van der Waals surface area contributed by atoms with Crippen LogP contribution in [0.15, 0.2) is 84.9 Å². The number of phenols is 2. The van der Waals surface area contributed by atoms with Gasteiger partial charge in [0.15, 0.2) is 0 Å². The minimum absolute atomic E-state index is 0.0325. The van der Waals surface area contributed by atoms with Gasteiger partial charge in [0.05, 0.1) is 11.4 Å². The van der Waals surface area contributed by atoms with Gasteiger partial charge in [-0.25, -0.2) is 4.98 Å². The van der Waals surface area contributed by atoms with Crippen LogP contribution >= 0.6 is 0 Å². The summed E-state index contributed by atoms with van der Waals surface area (Å²) < 4.78 is 6.77. The zero-order valence-electron chi connectivity index (χ0n) is 40.8. The fourth-order valence-corrected chi connectivity index (χ4v) is 15.3. The maximum absolute atomic E-state index is 12.8. The highest BCUT2D eigenvalue weighted by Crippen LogP contribution is 2.64. The Hall–Kier alpha value is -4.57. The molecular weight excluding hydrogens is 795 g/mol. The van der Waals surface area contributed by atoms with E-state index in [0.717, 1.165) is 86.0 Å². The van der Waals surface area contributed by atoms with E-state index in [1.807, 2.05) is 0 Å². The van der Waals surface area contributed by atoms with E-state index in [4.69, 9.17) is 9.72 Å². The lowest BCUT2D eigenvalue weighted by atomic mass is 9.47. The largest absolute Gasteiger partial charge is 0.507 e. The Morgan fingerprint density at radius 2 is 0.769 bits per heavy atom. The second-order valence-corrected chi connectivity index (χ2v) is 25.6. The van der Waals surface area contributed by atoms with E-state index in [9.17, 15) is 10.2 Å². The molecule has 0 saturated heterocycles. The zero-order chi connectivity index (χ0) is 45.4. The highest BCUT2D eigenvalue weighted by atomic mass is 16.5. The van der Waals surface area contributed by atoms with Crippen LogP contribution < -0.4 is 4.74 Å². The topological polar surface area (TPSA) is 62.6 Å². The molecule has 0 unspecified atom stereocenters. The molecule has 4 nitrogen and oxygen atoms in total. The van der Waals surface area contributed by atoms with Crippen molar-refractivity contribution >= 4 is 0 Å². The molecule has 1 heterocycles. The Bertz CT molecular complexity index is 2440. The highest BCUT2D eigenvalue weighted by molar-refractivity contribution is 5.90. The molecule has 2 N–H and O–H groups in total. The van der Waals surface area contributed by atoms with Crippen LogP contribution in [0, 0.1) is 35.5 Å². The van der Waals surface area contributed by atoms with Gasteiger partial charge in [-0.1, -0.05) is 102 Å². The molecule has 0 radical (unpaired) electrons. The van der Waals surface area contributed by atoms with Crippen molar-refractivity contribution < 1.29 is 14.9 Å². The number of pyridine rings is 1. The van der Waals surface area contributed by atoms with Gasteiger partial charge in [0.2, 0.25) is 0 Å². The van der Waals surface area contributed by atoms with E-state index in [-0.39, 0.29) is 21.7 Å². The molecular formula is C61H73NO3. The van der Waals surface area contributed by atoms with Crippen molar-refractivity contribution in [3.63, 3.8) is 0 Å². The van der Waals surface area contributed by atoms with Crippen LogP contribution in [0.1, 0.15) is 162 Å². The molecule has 65 heavy (non-hydrogen) atoms. The van der Waals surface area contributed by atoms with Gasteiger partial charge in [0, 0.05) is 45.5 Å². The summed E-state index contributed by atoms with van der Waals surface area (Å²) in [7, 11) is 0. The second kappa shape index (κ2) is 15.0. The second-order valence-electron chi connectivity index (χ2n) is 25.6. The molecule has 8 aliphatic rings. The van der Waals surface area contributed by atoms with E-state index in [0.29, 0.717) is 11.5 Å². The molecule has 0 aliphatic heterocycles. The van der Waals surface area contributed by atoms with Crippen LogP contribution in [0.5, 0.6) is 17.2 Å². The van der Waals surface area contributed by atoms with E-state index in [1.54, 1.807) is 0 Å². The summed E-state index contributed by atoms with van der Waals surface area (Å²) in [6.07, 6.45) is 15.3. The van der Waals surface area contributed by atoms with Crippen molar-refractivity contribution in [2.75, 3.05) is 0 Å². The van der Waals surface area contributed by atoms with Crippen LogP contribution in [0.2, 0.25) is 0 Å². The average molecular weight is 868 g/mol. The molecule has 8 saturated carbocycles. The van der Waals surface area contributed by atoms with Crippen LogP contribution in [0.25, 0.3) is 44.8 Å².